The van der Waals surface area contributed by atoms with E-state index in [4.69, 9.17) is 5.11 Å². The number of aliphatic hydroxyl groups is 2. The van der Waals surface area contributed by atoms with E-state index >= 15 is 0 Å². The Kier molecular flexibility index (Phi) is 2.68. The normalized spacial score (nSPS) is 23.9. The van der Waals surface area contributed by atoms with Gasteiger partial charge in [-0.2, -0.15) is 0 Å². The summed E-state index contributed by atoms with van der Waals surface area (Å²) in [4.78, 5) is 11.3. The zero-order valence-corrected chi connectivity index (χ0v) is 8.57. The van der Waals surface area contributed by atoms with Crippen LogP contribution in [0.2, 0.25) is 0 Å². The molecule has 1 aromatic rings. The Hall–Kier alpha value is -1.04. The van der Waals surface area contributed by atoms with Crippen LogP contribution in [0.5, 0.6) is 0 Å². The number of rotatable bonds is 2. The highest BCUT2D eigenvalue weighted by Gasteiger charge is 2.30. The van der Waals surface area contributed by atoms with Gasteiger partial charge < -0.3 is 15.3 Å². The van der Waals surface area contributed by atoms with E-state index in [2.05, 4.69) is 0 Å². The van der Waals surface area contributed by atoms with Gasteiger partial charge in [0, 0.05) is 4.90 Å². The quantitative estimate of drug-likeness (QED) is 0.694. The molecule has 0 bridgehead atoms. The minimum absolute atomic E-state index is 0.0687. The van der Waals surface area contributed by atoms with Crippen molar-refractivity contribution in [2.45, 2.75) is 22.9 Å². The highest BCUT2D eigenvalue weighted by atomic mass is 32.2. The molecule has 1 aliphatic heterocycles. The van der Waals surface area contributed by atoms with Gasteiger partial charge in [0.05, 0.1) is 6.42 Å². The van der Waals surface area contributed by atoms with Gasteiger partial charge >= 0.3 is 5.97 Å². The minimum atomic E-state index is -0.918. The summed E-state index contributed by atoms with van der Waals surface area (Å²) in [6.07, 6.45) is -0.987. The summed E-state index contributed by atoms with van der Waals surface area (Å²) < 4.78 is 0. The molecular weight excluding hydrogens is 216 g/mol. The largest absolute Gasteiger partial charge is 0.481 e. The third-order valence-corrected chi connectivity index (χ3v) is 3.39. The van der Waals surface area contributed by atoms with Crippen LogP contribution < -0.4 is 0 Å². The highest BCUT2D eigenvalue weighted by molar-refractivity contribution is 8.00. The van der Waals surface area contributed by atoms with Gasteiger partial charge in [-0.25, -0.2) is 0 Å². The van der Waals surface area contributed by atoms with Crippen LogP contribution in [0.3, 0.4) is 0 Å². The zero-order chi connectivity index (χ0) is 11.0. The molecule has 4 nitrogen and oxygen atoms in total. The second-order valence-electron chi connectivity index (χ2n) is 3.40. The van der Waals surface area contributed by atoms with E-state index in [9.17, 15) is 15.0 Å². The van der Waals surface area contributed by atoms with E-state index in [1.54, 1.807) is 18.2 Å². The van der Waals surface area contributed by atoms with Crippen LogP contribution in [0.1, 0.15) is 17.2 Å². The molecule has 0 aromatic heterocycles. The molecule has 1 heterocycles. The monoisotopic (exact) mass is 226 g/mol. The maximum atomic E-state index is 10.5. The first kappa shape index (κ1) is 10.5. The van der Waals surface area contributed by atoms with E-state index in [1.807, 2.05) is 0 Å². The number of carbonyl (C=O) groups is 1. The second-order valence-corrected chi connectivity index (χ2v) is 4.55. The van der Waals surface area contributed by atoms with E-state index in [1.165, 1.54) is 11.8 Å². The van der Waals surface area contributed by atoms with Crippen molar-refractivity contribution in [1.82, 2.24) is 0 Å². The van der Waals surface area contributed by atoms with Crippen LogP contribution in [-0.2, 0) is 11.2 Å². The van der Waals surface area contributed by atoms with Gasteiger partial charge in [-0.3, -0.25) is 4.79 Å². The molecule has 1 aliphatic rings. The first-order valence-electron chi connectivity index (χ1n) is 4.45. The fraction of sp³-hybridized carbons (Fsp3) is 0.300. The Morgan fingerprint density at radius 2 is 2.13 bits per heavy atom. The van der Waals surface area contributed by atoms with Gasteiger partial charge in [-0.15, -0.1) is 0 Å². The van der Waals surface area contributed by atoms with Crippen molar-refractivity contribution in [2.24, 2.45) is 0 Å². The molecule has 2 atom stereocenters. The number of carboxylic acids is 1. The minimum Gasteiger partial charge on any atom is -0.481 e. The van der Waals surface area contributed by atoms with Gasteiger partial charge in [0.2, 0.25) is 0 Å². The van der Waals surface area contributed by atoms with Crippen LogP contribution in [0.4, 0.5) is 0 Å². The lowest BCUT2D eigenvalue weighted by Crippen LogP contribution is -2.08. The number of aliphatic hydroxyl groups excluding tert-OH is 2. The Balaban J connectivity index is 2.31. The number of hydrogen-bond donors (Lipinski definition) is 3. The third kappa shape index (κ3) is 1.99. The molecule has 2 rings (SSSR count). The van der Waals surface area contributed by atoms with Crippen molar-refractivity contribution in [1.29, 1.82) is 0 Å². The molecule has 80 valence electrons. The molecule has 0 amide bonds. The first-order valence-corrected chi connectivity index (χ1v) is 5.33. The average Bonchev–Trinajstić information content (AvgIpc) is 2.43. The van der Waals surface area contributed by atoms with Crippen molar-refractivity contribution in [3.63, 3.8) is 0 Å². The van der Waals surface area contributed by atoms with E-state index in [0.29, 0.717) is 11.1 Å². The molecule has 1 aromatic carbocycles. The van der Waals surface area contributed by atoms with Crippen molar-refractivity contribution in [2.75, 3.05) is 0 Å². The fourth-order valence-electron chi connectivity index (χ4n) is 1.57. The third-order valence-electron chi connectivity index (χ3n) is 2.27. The number of aliphatic carboxylic acids is 1. The SMILES string of the molecule is O=C(O)Cc1ccc2c(c1)C(O)C(O)S2. The average molecular weight is 226 g/mol. The molecule has 2 unspecified atom stereocenters. The van der Waals surface area contributed by atoms with Crippen LogP contribution in [0.15, 0.2) is 23.1 Å². The molecule has 5 heteroatoms. The Morgan fingerprint density at radius 3 is 2.80 bits per heavy atom. The Labute approximate surface area is 90.6 Å². The van der Waals surface area contributed by atoms with Crippen molar-refractivity contribution in [3.8, 4) is 0 Å². The summed E-state index contributed by atoms with van der Waals surface area (Å²) >= 11 is 1.18. The van der Waals surface area contributed by atoms with Crippen molar-refractivity contribution >= 4 is 17.7 Å². The summed E-state index contributed by atoms with van der Waals surface area (Å²) in [5.41, 5.74) is 0.404. The molecule has 3 N–H and O–H groups in total. The van der Waals surface area contributed by atoms with Crippen molar-refractivity contribution in [3.05, 3.63) is 29.3 Å². The van der Waals surface area contributed by atoms with Crippen molar-refractivity contribution < 1.29 is 20.1 Å². The lowest BCUT2D eigenvalue weighted by molar-refractivity contribution is -0.136. The maximum absolute atomic E-state index is 10.5. The molecule has 0 aliphatic carbocycles. The lowest BCUT2D eigenvalue weighted by atomic mass is 10.0. The lowest BCUT2D eigenvalue weighted by Gasteiger charge is -2.07. The number of benzene rings is 1. The summed E-state index contributed by atoms with van der Waals surface area (Å²) in [5, 5.41) is 27.6. The molecular formula is C10H10O4S. The van der Waals surface area contributed by atoms with Crippen LogP contribution in [0, 0.1) is 0 Å². The van der Waals surface area contributed by atoms with Crippen LogP contribution >= 0.6 is 11.8 Å². The number of fused-ring (bicyclic) bond motifs is 1. The van der Waals surface area contributed by atoms with E-state index in [-0.39, 0.29) is 6.42 Å². The number of carboxylic acid groups (broad SMARTS) is 1. The summed E-state index contributed by atoms with van der Waals surface area (Å²) in [6, 6.07) is 5.07. The molecule has 0 saturated heterocycles. The molecule has 0 saturated carbocycles. The topological polar surface area (TPSA) is 77.8 Å². The zero-order valence-electron chi connectivity index (χ0n) is 7.75. The predicted molar refractivity (Wildman–Crippen MR) is 54.6 cm³/mol. The fourth-order valence-corrected chi connectivity index (χ4v) is 2.57. The number of hydrogen-bond acceptors (Lipinski definition) is 4. The van der Waals surface area contributed by atoms with Gasteiger partial charge in [-0.1, -0.05) is 23.9 Å². The standard InChI is InChI=1S/C10H10O4S/c11-8(12)4-5-1-2-7-6(3-5)9(13)10(14)15-7/h1-3,9-10,13-14H,4H2,(H,11,12). The smallest absolute Gasteiger partial charge is 0.307 e. The maximum Gasteiger partial charge on any atom is 0.307 e. The molecule has 0 fully saturated rings. The summed E-state index contributed by atoms with van der Waals surface area (Å²) in [7, 11) is 0. The molecule has 15 heavy (non-hydrogen) atoms. The predicted octanol–water partition coefficient (Wildman–Crippen LogP) is 0.771. The van der Waals surface area contributed by atoms with E-state index < -0.39 is 17.5 Å². The van der Waals surface area contributed by atoms with Gasteiger partial charge in [-0.05, 0) is 17.2 Å². The van der Waals surface area contributed by atoms with Gasteiger partial charge in [0.25, 0.3) is 0 Å². The molecule has 0 radical (unpaired) electrons. The Morgan fingerprint density at radius 1 is 1.40 bits per heavy atom. The Bertz CT molecular complexity index is 404. The first-order chi connectivity index (χ1) is 7.08. The summed E-state index contributed by atoms with van der Waals surface area (Å²) in [5.74, 6) is -0.907. The van der Waals surface area contributed by atoms with E-state index in [0.717, 1.165) is 4.90 Å². The van der Waals surface area contributed by atoms with Gasteiger partial charge in [0.15, 0.2) is 0 Å². The highest BCUT2D eigenvalue weighted by Crippen LogP contribution is 2.42. The number of thioether (sulfide) groups is 1. The summed E-state index contributed by atoms with van der Waals surface area (Å²) in [6.45, 7) is 0. The second kappa shape index (κ2) is 3.84. The van der Waals surface area contributed by atoms with Gasteiger partial charge in [0.1, 0.15) is 11.5 Å². The molecule has 0 spiro atoms. The van der Waals surface area contributed by atoms with Crippen LogP contribution in [0.25, 0.3) is 0 Å². The van der Waals surface area contributed by atoms with Crippen LogP contribution in [-0.4, -0.2) is 26.7 Å².